The van der Waals surface area contributed by atoms with Gasteiger partial charge in [0.05, 0.1) is 0 Å². The first-order chi connectivity index (χ1) is 13.3. The van der Waals surface area contributed by atoms with Gasteiger partial charge in [-0.05, 0) is 53.4 Å². The van der Waals surface area contributed by atoms with Crippen LogP contribution in [0.3, 0.4) is 0 Å². The molecule has 0 saturated heterocycles. The second-order valence-electron chi connectivity index (χ2n) is 6.19. The van der Waals surface area contributed by atoms with Crippen molar-refractivity contribution in [3.63, 3.8) is 0 Å². The molecular weight excluding hydrogens is 336 g/mol. The third kappa shape index (κ3) is 4.12. The van der Waals surface area contributed by atoms with E-state index in [0.29, 0.717) is 12.2 Å². The summed E-state index contributed by atoms with van der Waals surface area (Å²) in [4.78, 5) is 16.6. The first-order valence-corrected chi connectivity index (χ1v) is 8.70. The lowest BCUT2D eigenvalue weighted by molar-refractivity contribution is 0.102. The summed E-state index contributed by atoms with van der Waals surface area (Å²) in [5.74, 6) is 0.569. The average Bonchev–Trinajstić information content (AvgIpc) is 2.73. The molecule has 1 N–H and O–H groups in total. The van der Waals surface area contributed by atoms with Crippen LogP contribution in [0, 0.1) is 0 Å². The minimum absolute atomic E-state index is 0.159. The maximum absolute atomic E-state index is 12.5. The van der Waals surface area contributed by atoms with Gasteiger partial charge in [0.25, 0.3) is 5.91 Å². The number of aromatic nitrogens is 1. The zero-order valence-corrected chi connectivity index (χ0v) is 14.6. The molecule has 0 atom stereocenters. The van der Waals surface area contributed by atoms with E-state index in [4.69, 9.17) is 4.74 Å². The highest BCUT2D eigenvalue weighted by Gasteiger charge is 2.07. The van der Waals surface area contributed by atoms with Gasteiger partial charge in [0.2, 0.25) is 0 Å². The molecule has 1 aromatic heterocycles. The van der Waals surface area contributed by atoms with Gasteiger partial charge in [0, 0.05) is 29.0 Å². The average molecular weight is 354 g/mol. The number of pyridine rings is 1. The number of hydrogen-bond acceptors (Lipinski definition) is 3. The maximum atomic E-state index is 12.5. The number of fused-ring (bicyclic) bond motifs is 1. The highest BCUT2D eigenvalue weighted by atomic mass is 16.5. The van der Waals surface area contributed by atoms with E-state index < -0.39 is 0 Å². The van der Waals surface area contributed by atoms with Gasteiger partial charge in [-0.15, -0.1) is 0 Å². The van der Waals surface area contributed by atoms with Crippen molar-refractivity contribution in [1.29, 1.82) is 0 Å². The summed E-state index contributed by atoms with van der Waals surface area (Å²) >= 11 is 0. The first kappa shape index (κ1) is 16.8. The number of nitrogens with one attached hydrogen (secondary N) is 1. The molecular formula is C23H18N2O2. The third-order valence-corrected chi connectivity index (χ3v) is 4.26. The molecule has 1 amide bonds. The van der Waals surface area contributed by atoms with Gasteiger partial charge in [-0.3, -0.25) is 9.78 Å². The van der Waals surface area contributed by atoms with E-state index in [1.165, 1.54) is 0 Å². The van der Waals surface area contributed by atoms with Crippen LogP contribution >= 0.6 is 0 Å². The molecule has 0 fully saturated rings. The van der Waals surface area contributed by atoms with Crippen molar-refractivity contribution in [2.75, 3.05) is 5.32 Å². The molecule has 4 aromatic rings. The van der Waals surface area contributed by atoms with Crippen LogP contribution in [0.1, 0.15) is 15.9 Å². The predicted octanol–water partition coefficient (Wildman–Crippen LogP) is 5.07. The van der Waals surface area contributed by atoms with Crippen molar-refractivity contribution < 1.29 is 9.53 Å². The zero-order valence-electron chi connectivity index (χ0n) is 14.6. The van der Waals surface area contributed by atoms with Crippen LogP contribution < -0.4 is 10.1 Å². The van der Waals surface area contributed by atoms with Crippen molar-refractivity contribution >= 4 is 22.4 Å². The summed E-state index contributed by atoms with van der Waals surface area (Å²) in [6.07, 6.45) is 3.53. The Kier molecular flexibility index (Phi) is 4.79. The quantitative estimate of drug-likeness (QED) is 0.545. The van der Waals surface area contributed by atoms with Gasteiger partial charge in [0.1, 0.15) is 12.4 Å². The topological polar surface area (TPSA) is 51.2 Å². The lowest BCUT2D eigenvalue weighted by atomic mass is 10.1. The van der Waals surface area contributed by atoms with E-state index in [0.717, 1.165) is 27.8 Å². The molecule has 3 aromatic carbocycles. The number of anilines is 1. The molecule has 4 heteroatoms. The monoisotopic (exact) mass is 354 g/mol. The largest absolute Gasteiger partial charge is 0.489 e. The van der Waals surface area contributed by atoms with Crippen molar-refractivity contribution in [3.8, 4) is 5.75 Å². The molecule has 0 radical (unpaired) electrons. The van der Waals surface area contributed by atoms with Gasteiger partial charge >= 0.3 is 0 Å². The minimum atomic E-state index is -0.159. The first-order valence-electron chi connectivity index (χ1n) is 8.70. The molecule has 4 nitrogen and oxygen atoms in total. The third-order valence-electron chi connectivity index (χ3n) is 4.26. The molecule has 0 spiro atoms. The number of carbonyl (C=O) groups excluding carboxylic acids is 1. The van der Waals surface area contributed by atoms with E-state index in [1.54, 1.807) is 24.5 Å². The van der Waals surface area contributed by atoms with E-state index >= 15 is 0 Å². The number of benzene rings is 3. The fraction of sp³-hybridized carbons (Fsp3) is 0.0435. The van der Waals surface area contributed by atoms with Crippen molar-refractivity contribution in [1.82, 2.24) is 4.98 Å². The molecule has 0 aliphatic rings. The van der Waals surface area contributed by atoms with Gasteiger partial charge in [0.15, 0.2) is 0 Å². The number of ether oxygens (including phenoxy) is 1. The highest BCUT2D eigenvalue weighted by Crippen LogP contribution is 2.19. The number of nitrogens with zero attached hydrogens (tertiary/aromatic N) is 1. The number of rotatable bonds is 5. The summed E-state index contributed by atoms with van der Waals surface area (Å²) in [6.45, 7) is 0.498. The van der Waals surface area contributed by atoms with E-state index in [2.05, 4.69) is 10.3 Å². The van der Waals surface area contributed by atoms with Gasteiger partial charge in [-0.2, -0.15) is 0 Å². The highest BCUT2D eigenvalue weighted by molar-refractivity contribution is 6.05. The number of hydrogen-bond donors (Lipinski definition) is 1. The molecule has 0 aliphatic heterocycles. The normalized spacial score (nSPS) is 10.5. The fourth-order valence-corrected chi connectivity index (χ4v) is 2.81. The Morgan fingerprint density at radius 3 is 2.52 bits per heavy atom. The Balaban J connectivity index is 1.41. The zero-order chi connectivity index (χ0) is 18.5. The molecule has 132 valence electrons. The van der Waals surface area contributed by atoms with Crippen molar-refractivity contribution in [2.45, 2.75) is 6.61 Å². The summed E-state index contributed by atoms with van der Waals surface area (Å²) in [6, 6.07) is 24.8. The predicted molar refractivity (Wildman–Crippen MR) is 107 cm³/mol. The second kappa shape index (κ2) is 7.70. The smallest absolute Gasteiger partial charge is 0.255 e. The summed E-state index contributed by atoms with van der Waals surface area (Å²) < 4.78 is 5.75. The Bertz CT molecular complexity index is 1060. The van der Waals surface area contributed by atoms with Crippen molar-refractivity contribution in [2.24, 2.45) is 0 Å². The maximum Gasteiger partial charge on any atom is 0.255 e. The molecule has 1 heterocycles. The molecule has 0 saturated carbocycles. The molecule has 0 aliphatic carbocycles. The van der Waals surface area contributed by atoms with Crippen molar-refractivity contribution in [3.05, 3.63) is 102 Å². The van der Waals surface area contributed by atoms with Gasteiger partial charge in [-0.25, -0.2) is 0 Å². The SMILES string of the molecule is O=C(Nc1ccc2ccncc2c1)c1ccc(OCc2ccccc2)cc1. The Labute approximate surface area is 157 Å². The standard InChI is InChI=1S/C23H18N2O2/c26-23(25-21-9-6-18-12-13-24-15-20(18)14-21)19-7-10-22(11-8-19)27-16-17-4-2-1-3-5-17/h1-15H,16H2,(H,25,26). The Morgan fingerprint density at radius 2 is 1.70 bits per heavy atom. The second-order valence-corrected chi connectivity index (χ2v) is 6.19. The van der Waals surface area contributed by atoms with Crippen LogP contribution in [0.15, 0.2) is 91.3 Å². The number of amides is 1. The summed E-state index contributed by atoms with van der Waals surface area (Å²) in [7, 11) is 0. The summed E-state index contributed by atoms with van der Waals surface area (Å²) in [5.41, 5.74) is 2.42. The van der Waals surface area contributed by atoms with Gasteiger partial charge < -0.3 is 10.1 Å². The van der Waals surface area contributed by atoms with Crippen LogP contribution in [0.5, 0.6) is 5.75 Å². The molecule has 0 bridgehead atoms. The van der Waals surface area contributed by atoms with Gasteiger partial charge in [-0.1, -0.05) is 36.4 Å². The molecule has 4 rings (SSSR count). The summed E-state index contributed by atoms with van der Waals surface area (Å²) in [5, 5.41) is 4.99. The molecule has 0 unspecified atom stereocenters. The number of carbonyl (C=O) groups is 1. The van der Waals surface area contributed by atoms with Crippen LogP contribution in [0.2, 0.25) is 0 Å². The minimum Gasteiger partial charge on any atom is -0.489 e. The van der Waals surface area contributed by atoms with E-state index in [1.807, 2.05) is 66.7 Å². The van der Waals surface area contributed by atoms with E-state index in [-0.39, 0.29) is 5.91 Å². The Morgan fingerprint density at radius 1 is 0.889 bits per heavy atom. The van der Waals surface area contributed by atoms with Crippen LogP contribution in [-0.2, 0) is 6.61 Å². The van der Waals surface area contributed by atoms with Crippen LogP contribution in [-0.4, -0.2) is 10.9 Å². The van der Waals surface area contributed by atoms with Crippen LogP contribution in [0.25, 0.3) is 10.8 Å². The lowest BCUT2D eigenvalue weighted by Crippen LogP contribution is -2.11. The van der Waals surface area contributed by atoms with E-state index in [9.17, 15) is 4.79 Å². The fourth-order valence-electron chi connectivity index (χ4n) is 2.81. The molecule has 27 heavy (non-hydrogen) atoms. The lowest BCUT2D eigenvalue weighted by Gasteiger charge is -2.09. The van der Waals surface area contributed by atoms with Crippen LogP contribution in [0.4, 0.5) is 5.69 Å². The Hall–Kier alpha value is -3.66.